The normalized spacial score (nSPS) is 32.5. The Balaban J connectivity index is 1.36. The van der Waals surface area contributed by atoms with Gasteiger partial charge in [0.2, 0.25) is 6.29 Å². The molecule has 10 atom stereocenters. The van der Waals surface area contributed by atoms with Gasteiger partial charge in [-0.05, 0) is 18.2 Å². The summed E-state index contributed by atoms with van der Waals surface area (Å²) in [6.07, 6.45) is -16.3. The van der Waals surface area contributed by atoms with Crippen molar-refractivity contribution >= 4 is 11.0 Å². The van der Waals surface area contributed by atoms with Gasteiger partial charge in [0.15, 0.2) is 23.2 Å². The molecular weight excluding hydrogens is 592 g/mol. The first-order valence-corrected chi connectivity index (χ1v) is 13.4. The second-order valence-corrected chi connectivity index (χ2v) is 10.3. The van der Waals surface area contributed by atoms with Gasteiger partial charge in [0.05, 0.1) is 20.3 Å². The van der Waals surface area contributed by atoms with Crippen LogP contribution in [0.2, 0.25) is 0 Å². The number of phenols is 2. The minimum atomic E-state index is -1.82. The molecule has 0 spiro atoms. The molecule has 0 saturated carbocycles. The smallest absolute Gasteiger partial charge is 0.229 e. The van der Waals surface area contributed by atoms with Crippen LogP contribution in [-0.4, -0.2) is 128 Å². The van der Waals surface area contributed by atoms with Crippen molar-refractivity contribution in [2.45, 2.75) is 61.4 Å². The molecule has 16 nitrogen and oxygen atoms in total. The van der Waals surface area contributed by atoms with Gasteiger partial charge in [0.1, 0.15) is 77.1 Å². The summed E-state index contributed by atoms with van der Waals surface area (Å²) in [6, 6.07) is 7.67. The summed E-state index contributed by atoms with van der Waals surface area (Å²) in [5, 5.41) is 91.2. The number of aliphatic hydroxyl groups excluding tert-OH is 7. The molecule has 2 saturated heterocycles. The van der Waals surface area contributed by atoms with Gasteiger partial charge in [-0.3, -0.25) is 4.79 Å². The topological polar surface area (TPSA) is 258 Å². The zero-order chi connectivity index (χ0) is 31.9. The van der Waals surface area contributed by atoms with Gasteiger partial charge in [-0.1, -0.05) is 0 Å². The minimum Gasteiger partial charge on any atom is -0.507 e. The molecule has 240 valence electrons. The van der Waals surface area contributed by atoms with Gasteiger partial charge in [0, 0.05) is 23.8 Å². The van der Waals surface area contributed by atoms with Crippen LogP contribution in [-0.2, 0) is 14.2 Å². The average Bonchev–Trinajstić information content (AvgIpc) is 3.00. The van der Waals surface area contributed by atoms with Crippen molar-refractivity contribution in [1.82, 2.24) is 0 Å². The Labute approximate surface area is 248 Å². The van der Waals surface area contributed by atoms with E-state index in [4.69, 9.17) is 28.1 Å². The second kappa shape index (κ2) is 12.8. The van der Waals surface area contributed by atoms with Crippen LogP contribution in [0.5, 0.6) is 23.0 Å². The molecule has 2 fully saturated rings. The van der Waals surface area contributed by atoms with Crippen molar-refractivity contribution in [2.24, 2.45) is 0 Å². The van der Waals surface area contributed by atoms with E-state index < -0.39 is 85.8 Å². The van der Waals surface area contributed by atoms with E-state index >= 15 is 0 Å². The molecule has 9 N–H and O–H groups in total. The number of hydrogen-bond donors (Lipinski definition) is 9. The van der Waals surface area contributed by atoms with Crippen LogP contribution in [0.1, 0.15) is 0 Å². The molecule has 2 aromatic carbocycles. The highest BCUT2D eigenvalue weighted by Crippen LogP contribution is 2.35. The molecule has 3 aromatic rings. The number of fused-ring (bicyclic) bond motifs is 1. The number of phenolic OH excluding ortho intramolecular Hbond substituents is 2. The fourth-order valence-corrected chi connectivity index (χ4v) is 4.97. The standard InChI is InChI=1S/C28H32O16/c1-39-16-4-10(2-3-12(16)30)15-7-14(32)20-13(31)5-11(6-17(20)42-15)41-28-26(38)24(36)22(34)19(44-28)9-40-27-25(37)23(35)21(33)18(8-29)43-27/h2-7,18-19,21-31,33-38H,8-9H2,1H3. The quantitative estimate of drug-likeness (QED) is 0.130. The number of hydrogen-bond acceptors (Lipinski definition) is 16. The lowest BCUT2D eigenvalue weighted by molar-refractivity contribution is -0.323. The third-order valence-corrected chi connectivity index (χ3v) is 7.44. The van der Waals surface area contributed by atoms with Gasteiger partial charge < -0.3 is 74.1 Å². The molecule has 0 bridgehead atoms. The number of ether oxygens (including phenoxy) is 5. The Morgan fingerprint density at radius 2 is 1.43 bits per heavy atom. The molecule has 2 aliphatic rings. The first kappa shape index (κ1) is 31.9. The number of aromatic hydroxyl groups is 2. The van der Waals surface area contributed by atoms with Crippen molar-refractivity contribution in [2.75, 3.05) is 20.3 Å². The largest absolute Gasteiger partial charge is 0.507 e. The lowest BCUT2D eigenvalue weighted by Crippen LogP contribution is -2.62. The predicted molar refractivity (Wildman–Crippen MR) is 145 cm³/mol. The summed E-state index contributed by atoms with van der Waals surface area (Å²) < 4.78 is 32.8. The summed E-state index contributed by atoms with van der Waals surface area (Å²) in [5.41, 5.74) is -0.354. The molecule has 10 unspecified atom stereocenters. The Morgan fingerprint density at radius 1 is 0.773 bits per heavy atom. The lowest BCUT2D eigenvalue weighted by atomic mass is 9.98. The molecule has 3 heterocycles. The van der Waals surface area contributed by atoms with Crippen molar-refractivity contribution in [3.8, 4) is 34.3 Å². The molecule has 0 amide bonds. The summed E-state index contributed by atoms with van der Waals surface area (Å²) in [7, 11) is 1.35. The lowest BCUT2D eigenvalue weighted by Gasteiger charge is -2.42. The monoisotopic (exact) mass is 624 g/mol. The van der Waals surface area contributed by atoms with Crippen molar-refractivity contribution < 1.29 is 74.1 Å². The average molecular weight is 625 g/mol. The van der Waals surface area contributed by atoms with Crippen LogP contribution in [0.15, 0.2) is 45.6 Å². The van der Waals surface area contributed by atoms with Crippen LogP contribution in [0, 0.1) is 0 Å². The van der Waals surface area contributed by atoms with E-state index in [9.17, 15) is 50.8 Å². The maximum absolute atomic E-state index is 12.8. The Morgan fingerprint density at radius 3 is 2.11 bits per heavy atom. The maximum Gasteiger partial charge on any atom is 0.229 e. The highest BCUT2D eigenvalue weighted by Gasteiger charge is 2.48. The highest BCUT2D eigenvalue weighted by atomic mass is 16.7. The van der Waals surface area contributed by atoms with Crippen LogP contribution in [0.4, 0.5) is 0 Å². The van der Waals surface area contributed by atoms with Crippen molar-refractivity contribution in [1.29, 1.82) is 0 Å². The highest BCUT2D eigenvalue weighted by molar-refractivity contribution is 5.86. The zero-order valence-electron chi connectivity index (χ0n) is 23.0. The SMILES string of the molecule is COc1cc(-c2cc(=O)c3c(O)cc(OC4OC(COC5OC(CO)C(O)C(O)C5O)C(O)C(O)C4O)cc3o2)ccc1O. The summed E-state index contributed by atoms with van der Waals surface area (Å²) in [4.78, 5) is 12.8. The van der Waals surface area contributed by atoms with Crippen LogP contribution in [0.3, 0.4) is 0 Å². The van der Waals surface area contributed by atoms with E-state index in [1.807, 2.05) is 0 Å². The zero-order valence-corrected chi connectivity index (χ0v) is 23.0. The fraction of sp³-hybridized carbons (Fsp3) is 0.464. The molecular formula is C28H32O16. The third-order valence-electron chi connectivity index (χ3n) is 7.44. The number of methoxy groups -OCH3 is 1. The van der Waals surface area contributed by atoms with Crippen LogP contribution in [0.25, 0.3) is 22.3 Å². The second-order valence-electron chi connectivity index (χ2n) is 10.3. The van der Waals surface area contributed by atoms with Gasteiger partial charge in [-0.15, -0.1) is 0 Å². The molecule has 0 radical (unpaired) electrons. The van der Waals surface area contributed by atoms with E-state index in [2.05, 4.69) is 0 Å². The van der Waals surface area contributed by atoms with E-state index in [-0.39, 0.29) is 34.0 Å². The van der Waals surface area contributed by atoms with Gasteiger partial charge >= 0.3 is 0 Å². The number of benzene rings is 2. The van der Waals surface area contributed by atoms with Crippen LogP contribution >= 0.6 is 0 Å². The first-order valence-electron chi connectivity index (χ1n) is 13.4. The van der Waals surface area contributed by atoms with E-state index in [1.54, 1.807) is 0 Å². The molecule has 16 heteroatoms. The van der Waals surface area contributed by atoms with Gasteiger partial charge in [-0.25, -0.2) is 0 Å². The molecule has 2 aliphatic heterocycles. The summed E-state index contributed by atoms with van der Waals surface area (Å²) in [6.45, 7) is -1.28. The Bertz CT molecular complexity index is 1520. The van der Waals surface area contributed by atoms with E-state index in [0.717, 1.165) is 12.1 Å². The van der Waals surface area contributed by atoms with Gasteiger partial charge in [-0.2, -0.15) is 0 Å². The third kappa shape index (κ3) is 6.04. The Kier molecular flexibility index (Phi) is 9.28. The van der Waals surface area contributed by atoms with Gasteiger partial charge in [0.25, 0.3) is 0 Å². The summed E-state index contributed by atoms with van der Waals surface area (Å²) >= 11 is 0. The fourth-order valence-electron chi connectivity index (χ4n) is 4.97. The number of aliphatic hydroxyl groups is 7. The molecule has 5 rings (SSSR count). The van der Waals surface area contributed by atoms with E-state index in [0.29, 0.717) is 5.56 Å². The van der Waals surface area contributed by atoms with Crippen molar-refractivity contribution in [3.63, 3.8) is 0 Å². The maximum atomic E-state index is 12.8. The van der Waals surface area contributed by atoms with E-state index in [1.165, 1.54) is 31.4 Å². The summed E-state index contributed by atoms with van der Waals surface area (Å²) in [5.74, 6) is -0.646. The van der Waals surface area contributed by atoms with Crippen LogP contribution < -0.4 is 14.9 Å². The molecule has 1 aromatic heterocycles. The Hall–Kier alpha value is -3.55. The molecule has 44 heavy (non-hydrogen) atoms. The first-order chi connectivity index (χ1) is 20.9. The van der Waals surface area contributed by atoms with Crippen molar-refractivity contribution in [3.05, 3.63) is 46.6 Å². The predicted octanol–water partition coefficient (Wildman–Crippen LogP) is -2.12. The number of rotatable bonds is 8. The molecule has 0 aliphatic carbocycles. The minimum absolute atomic E-state index is 0.0650.